The molecule has 2 aliphatic heterocycles. The zero-order chi connectivity index (χ0) is 18.0. The lowest BCUT2D eigenvalue weighted by Crippen LogP contribution is -2.67. The molecule has 3 amide bonds. The molecule has 0 spiro atoms. The number of carbonyl (C=O) groups excluding carboxylic acids is 3. The van der Waals surface area contributed by atoms with Gasteiger partial charge in [0.25, 0.3) is 0 Å². The molecule has 0 aromatic rings. The number of likely N-dealkylation sites (tertiary alicyclic amines) is 1. The monoisotopic (exact) mass is 339 g/mol. The summed E-state index contributed by atoms with van der Waals surface area (Å²) in [5, 5.41) is 15.9. The third-order valence-corrected chi connectivity index (χ3v) is 4.42. The van der Waals surface area contributed by atoms with Gasteiger partial charge in [-0.25, -0.2) is 0 Å². The Balaban J connectivity index is 1.64. The molecule has 3 N–H and O–H groups in total. The Bertz CT molecular complexity index is 506. The number of amides is 3. The van der Waals surface area contributed by atoms with Gasteiger partial charge in [-0.1, -0.05) is 20.8 Å². The van der Waals surface area contributed by atoms with Crippen molar-refractivity contribution < 1.29 is 19.5 Å². The molecule has 7 heteroatoms. The molecule has 0 saturated carbocycles. The summed E-state index contributed by atoms with van der Waals surface area (Å²) in [6.07, 6.45) is 2.74. The lowest BCUT2D eigenvalue weighted by molar-refractivity contribution is -0.155. The first-order valence-electron chi connectivity index (χ1n) is 8.63. The molecular weight excluding hydrogens is 310 g/mol. The predicted molar refractivity (Wildman–Crippen MR) is 89.0 cm³/mol. The van der Waals surface area contributed by atoms with Crippen LogP contribution in [-0.4, -0.2) is 59.0 Å². The van der Waals surface area contributed by atoms with E-state index in [1.807, 2.05) is 20.8 Å². The van der Waals surface area contributed by atoms with Gasteiger partial charge in [-0.05, 0) is 18.3 Å². The third-order valence-electron chi connectivity index (χ3n) is 4.42. The number of rotatable bonds is 6. The average molecular weight is 339 g/mol. The van der Waals surface area contributed by atoms with E-state index in [4.69, 9.17) is 0 Å². The van der Waals surface area contributed by atoms with Crippen LogP contribution in [-0.2, 0) is 14.4 Å². The molecule has 0 bridgehead atoms. The van der Waals surface area contributed by atoms with Crippen molar-refractivity contribution in [1.82, 2.24) is 15.5 Å². The number of carbonyl (C=O) groups is 3. The van der Waals surface area contributed by atoms with Crippen molar-refractivity contribution in [2.75, 3.05) is 19.6 Å². The highest BCUT2D eigenvalue weighted by Crippen LogP contribution is 2.23. The molecule has 0 aromatic carbocycles. The SMILES string of the molecule is CC(C)(C)CC(=O)NCC1(O)CN(C(=O)CCC2CCC(=O)N2)C1. The van der Waals surface area contributed by atoms with Gasteiger partial charge >= 0.3 is 0 Å². The molecule has 1 atom stereocenters. The lowest BCUT2D eigenvalue weighted by atomic mass is 9.90. The van der Waals surface area contributed by atoms with Gasteiger partial charge in [0.2, 0.25) is 17.7 Å². The third kappa shape index (κ3) is 5.47. The Morgan fingerprint density at radius 2 is 2.04 bits per heavy atom. The van der Waals surface area contributed by atoms with E-state index in [1.165, 1.54) is 0 Å². The maximum atomic E-state index is 12.1. The van der Waals surface area contributed by atoms with Gasteiger partial charge in [0.1, 0.15) is 5.60 Å². The van der Waals surface area contributed by atoms with Crippen molar-refractivity contribution in [3.63, 3.8) is 0 Å². The standard InChI is InChI=1S/C17H29N3O4/c1-16(2,3)8-14(22)18-9-17(24)10-20(11-17)15(23)7-5-12-4-6-13(21)19-12/h12,24H,4-11H2,1-3H3,(H,18,22)(H,19,21). The van der Waals surface area contributed by atoms with Crippen LogP contribution in [0.25, 0.3) is 0 Å². The van der Waals surface area contributed by atoms with Crippen molar-refractivity contribution >= 4 is 17.7 Å². The quantitative estimate of drug-likeness (QED) is 0.642. The molecule has 136 valence electrons. The first-order valence-corrected chi connectivity index (χ1v) is 8.63. The van der Waals surface area contributed by atoms with Crippen LogP contribution in [0.2, 0.25) is 0 Å². The van der Waals surface area contributed by atoms with E-state index in [1.54, 1.807) is 4.90 Å². The van der Waals surface area contributed by atoms with Gasteiger partial charge in [0, 0.05) is 31.8 Å². The van der Waals surface area contributed by atoms with Gasteiger partial charge in [0.15, 0.2) is 0 Å². The van der Waals surface area contributed by atoms with Crippen LogP contribution in [0.4, 0.5) is 0 Å². The first-order chi connectivity index (χ1) is 11.1. The van der Waals surface area contributed by atoms with Crippen molar-refractivity contribution in [3.05, 3.63) is 0 Å². The van der Waals surface area contributed by atoms with Crippen molar-refractivity contribution in [1.29, 1.82) is 0 Å². The molecule has 0 radical (unpaired) electrons. The Kier molecular flexibility index (Phi) is 5.52. The van der Waals surface area contributed by atoms with Crippen LogP contribution in [0.3, 0.4) is 0 Å². The normalized spacial score (nSPS) is 22.8. The fourth-order valence-corrected chi connectivity index (χ4v) is 3.11. The van der Waals surface area contributed by atoms with Gasteiger partial charge < -0.3 is 20.6 Å². The van der Waals surface area contributed by atoms with E-state index in [2.05, 4.69) is 10.6 Å². The number of β-amino-alcohol motifs (C(OH)–C–C–N with tert-alkyl or cyclic N) is 1. The van der Waals surface area contributed by atoms with Crippen LogP contribution < -0.4 is 10.6 Å². The molecule has 0 aromatic heterocycles. The summed E-state index contributed by atoms with van der Waals surface area (Å²) in [5.41, 5.74) is -1.12. The number of nitrogens with one attached hydrogen (secondary N) is 2. The molecule has 0 aliphatic carbocycles. The van der Waals surface area contributed by atoms with E-state index < -0.39 is 5.60 Å². The fourth-order valence-electron chi connectivity index (χ4n) is 3.11. The number of aliphatic hydroxyl groups is 1. The second-order valence-electron chi connectivity index (χ2n) is 8.33. The largest absolute Gasteiger partial charge is 0.384 e. The molecule has 2 fully saturated rings. The Morgan fingerprint density at radius 1 is 1.38 bits per heavy atom. The van der Waals surface area contributed by atoms with Gasteiger partial charge in [-0.15, -0.1) is 0 Å². The smallest absolute Gasteiger partial charge is 0.222 e. The number of nitrogens with zero attached hydrogens (tertiary/aromatic N) is 1. The molecule has 24 heavy (non-hydrogen) atoms. The Hall–Kier alpha value is -1.63. The minimum atomic E-state index is -1.02. The first kappa shape index (κ1) is 18.7. The minimum absolute atomic E-state index is 0.0122. The summed E-state index contributed by atoms with van der Waals surface area (Å²) < 4.78 is 0. The van der Waals surface area contributed by atoms with Crippen molar-refractivity contribution in [2.24, 2.45) is 5.41 Å². The Labute approximate surface area is 143 Å². The second kappa shape index (κ2) is 7.09. The van der Waals surface area contributed by atoms with E-state index in [0.717, 1.165) is 6.42 Å². The lowest BCUT2D eigenvalue weighted by Gasteiger charge is -2.46. The highest BCUT2D eigenvalue weighted by atomic mass is 16.3. The van der Waals surface area contributed by atoms with Crippen molar-refractivity contribution in [3.8, 4) is 0 Å². The van der Waals surface area contributed by atoms with Gasteiger partial charge in [-0.3, -0.25) is 14.4 Å². The maximum Gasteiger partial charge on any atom is 0.222 e. The predicted octanol–water partition coefficient (Wildman–Crippen LogP) is 0.171. The van der Waals surface area contributed by atoms with Crippen LogP contribution >= 0.6 is 0 Å². The minimum Gasteiger partial charge on any atom is -0.384 e. The summed E-state index contributed by atoms with van der Waals surface area (Å²) in [6.45, 7) is 6.62. The molecule has 2 aliphatic rings. The summed E-state index contributed by atoms with van der Waals surface area (Å²) in [4.78, 5) is 36.6. The zero-order valence-corrected chi connectivity index (χ0v) is 14.9. The highest BCUT2D eigenvalue weighted by Gasteiger charge is 2.43. The van der Waals surface area contributed by atoms with Crippen molar-refractivity contribution in [2.45, 2.75) is 64.5 Å². The van der Waals surface area contributed by atoms with Crippen LogP contribution in [0, 0.1) is 5.41 Å². The summed E-state index contributed by atoms with van der Waals surface area (Å²) in [6, 6.07) is 0.0956. The summed E-state index contributed by atoms with van der Waals surface area (Å²) in [7, 11) is 0. The molecule has 2 rings (SSSR count). The Morgan fingerprint density at radius 3 is 2.58 bits per heavy atom. The maximum absolute atomic E-state index is 12.1. The molecular formula is C17H29N3O4. The fraction of sp³-hybridized carbons (Fsp3) is 0.824. The molecule has 1 unspecified atom stereocenters. The summed E-state index contributed by atoms with van der Waals surface area (Å²) in [5.74, 6) is -0.0451. The van der Waals surface area contributed by atoms with Gasteiger partial charge in [-0.2, -0.15) is 0 Å². The summed E-state index contributed by atoms with van der Waals surface area (Å²) >= 11 is 0. The number of hydrogen-bond acceptors (Lipinski definition) is 4. The molecule has 2 heterocycles. The van der Waals surface area contributed by atoms with E-state index >= 15 is 0 Å². The molecule has 2 saturated heterocycles. The van der Waals surface area contributed by atoms with E-state index in [-0.39, 0.29) is 48.8 Å². The van der Waals surface area contributed by atoms with Crippen LogP contribution in [0.5, 0.6) is 0 Å². The zero-order valence-electron chi connectivity index (χ0n) is 14.9. The highest BCUT2D eigenvalue weighted by molar-refractivity contribution is 5.80. The van der Waals surface area contributed by atoms with Crippen LogP contribution in [0.1, 0.15) is 52.9 Å². The topological polar surface area (TPSA) is 98.7 Å². The number of hydrogen-bond donors (Lipinski definition) is 3. The van der Waals surface area contributed by atoms with Gasteiger partial charge in [0.05, 0.1) is 13.1 Å². The van der Waals surface area contributed by atoms with Crippen LogP contribution in [0.15, 0.2) is 0 Å². The van der Waals surface area contributed by atoms with E-state index in [0.29, 0.717) is 25.7 Å². The second-order valence-corrected chi connectivity index (χ2v) is 8.33. The van der Waals surface area contributed by atoms with E-state index in [9.17, 15) is 19.5 Å². The molecule has 7 nitrogen and oxygen atoms in total. The average Bonchev–Trinajstić information content (AvgIpc) is 2.83.